The van der Waals surface area contributed by atoms with Crippen molar-refractivity contribution in [1.29, 1.82) is 0 Å². The van der Waals surface area contributed by atoms with E-state index in [-0.39, 0.29) is 11.9 Å². The molecular formula is C16H26ClN3O3. The van der Waals surface area contributed by atoms with Crippen LogP contribution in [0.15, 0.2) is 12.4 Å². The van der Waals surface area contributed by atoms with Crippen molar-refractivity contribution in [3.05, 3.63) is 17.7 Å². The molecule has 0 aromatic carbocycles. The zero-order chi connectivity index (χ0) is 17.7. The van der Waals surface area contributed by atoms with E-state index >= 15 is 0 Å². The first-order valence-electron chi connectivity index (χ1n) is 7.61. The van der Waals surface area contributed by atoms with Crippen LogP contribution in [-0.2, 0) is 4.74 Å². The third kappa shape index (κ3) is 8.02. The number of nitrogens with zero attached hydrogens (tertiary/aromatic N) is 2. The largest absolute Gasteiger partial charge is 0.488 e. The van der Waals surface area contributed by atoms with Crippen molar-refractivity contribution in [3.8, 4) is 5.75 Å². The molecule has 130 valence electrons. The number of hydrogen-bond donors (Lipinski definition) is 1. The zero-order valence-electron chi connectivity index (χ0n) is 14.6. The Balaban J connectivity index is 2.72. The first kappa shape index (κ1) is 19.5. The number of halogens is 1. The molecule has 7 heteroatoms. The van der Waals surface area contributed by atoms with E-state index in [1.165, 1.54) is 12.4 Å². The zero-order valence-corrected chi connectivity index (χ0v) is 15.4. The third-order valence-corrected chi connectivity index (χ3v) is 3.01. The Labute approximate surface area is 142 Å². The fraction of sp³-hybridized carbons (Fsp3) is 0.688. The molecule has 1 atom stereocenters. The second-order valence-electron chi connectivity index (χ2n) is 7.26. The lowest BCUT2D eigenvalue weighted by atomic mass is 9.91. The predicted molar refractivity (Wildman–Crippen MR) is 89.8 cm³/mol. The van der Waals surface area contributed by atoms with Crippen molar-refractivity contribution in [2.45, 2.75) is 59.1 Å². The maximum absolute atomic E-state index is 12.1. The van der Waals surface area contributed by atoms with Crippen LogP contribution in [0.4, 0.5) is 4.79 Å². The summed E-state index contributed by atoms with van der Waals surface area (Å²) >= 11 is 5.65. The van der Waals surface area contributed by atoms with Crippen LogP contribution in [0.5, 0.6) is 5.75 Å². The molecule has 1 amide bonds. The molecule has 1 rings (SSSR count). The van der Waals surface area contributed by atoms with Gasteiger partial charge in [-0.15, -0.1) is 0 Å². The van der Waals surface area contributed by atoms with Crippen LogP contribution in [0.25, 0.3) is 0 Å². The normalized spacial score (nSPS) is 14.3. The van der Waals surface area contributed by atoms with Crippen LogP contribution in [0.1, 0.15) is 48.0 Å². The number of hydrogen-bond acceptors (Lipinski definition) is 5. The average Bonchev–Trinajstić information content (AvgIpc) is 2.34. The number of alkyl carbamates (subject to hydrolysis) is 1. The fourth-order valence-electron chi connectivity index (χ4n) is 2.21. The first-order chi connectivity index (χ1) is 10.5. The van der Waals surface area contributed by atoms with Crippen LogP contribution >= 0.6 is 11.6 Å². The summed E-state index contributed by atoms with van der Waals surface area (Å²) < 4.78 is 11.0. The van der Waals surface area contributed by atoms with Crippen molar-refractivity contribution in [2.24, 2.45) is 5.92 Å². The molecule has 1 unspecified atom stereocenters. The summed E-state index contributed by atoms with van der Waals surface area (Å²) in [5, 5.41) is 3.07. The van der Waals surface area contributed by atoms with Crippen molar-refractivity contribution < 1.29 is 14.3 Å². The average molecular weight is 344 g/mol. The van der Waals surface area contributed by atoms with Gasteiger partial charge in [-0.3, -0.25) is 0 Å². The molecule has 0 saturated carbocycles. The predicted octanol–water partition coefficient (Wildman–Crippen LogP) is 3.84. The lowest BCUT2D eigenvalue weighted by Crippen LogP contribution is -2.52. The van der Waals surface area contributed by atoms with Gasteiger partial charge >= 0.3 is 6.09 Å². The second-order valence-corrected chi connectivity index (χ2v) is 7.60. The molecule has 0 radical (unpaired) electrons. The van der Waals surface area contributed by atoms with Crippen LogP contribution in [0.3, 0.4) is 0 Å². The van der Waals surface area contributed by atoms with Gasteiger partial charge in [0.05, 0.1) is 17.9 Å². The summed E-state index contributed by atoms with van der Waals surface area (Å²) in [6.45, 7) is 11.8. The van der Waals surface area contributed by atoms with E-state index in [0.717, 1.165) is 6.42 Å². The molecule has 0 aliphatic carbocycles. The Hall–Kier alpha value is -1.56. The summed E-state index contributed by atoms with van der Waals surface area (Å²) in [4.78, 5) is 19.8. The first-order valence-corrected chi connectivity index (χ1v) is 7.98. The van der Waals surface area contributed by atoms with Gasteiger partial charge in [0.2, 0.25) is 5.28 Å². The molecule has 0 fully saturated rings. The molecule has 0 bridgehead atoms. The Kier molecular flexibility index (Phi) is 6.62. The van der Waals surface area contributed by atoms with Gasteiger partial charge in [-0.2, -0.15) is 0 Å². The highest BCUT2D eigenvalue weighted by molar-refractivity contribution is 6.28. The van der Waals surface area contributed by atoms with Gasteiger partial charge in [0, 0.05) is 0 Å². The fourth-order valence-corrected chi connectivity index (χ4v) is 2.31. The van der Waals surface area contributed by atoms with E-state index in [0.29, 0.717) is 11.7 Å². The SMILES string of the molecule is CC(C)CC(C)(COc1cnc(Cl)nc1)NC(=O)OC(C)(C)C. The summed E-state index contributed by atoms with van der Waals surface area (Å²) in [7, 11) is 0. The summed E-state index contributed by atoms with van der Waals surface area (Å²) in [6.07, 6.45) is 3.27. The minimum atomic E-state index is -0.573. The highest BCUT2D eigenvalue weighted by atomic mass is 35.5. The van der Waals surface area contributed by atoms with Gasteiger partial charge < -0.3 is 14.8 Å². The molecule has 0 spiro atoms. The number of aromatic nitrogens is 2. The van der Waals surface area contributed by atoms with Crippen molar-refractivity contribution in [1.82, 2.24) is 15.3 Å². The van der Waals surface area contributed by atoms with E-state index < -0.39 is 17.2 Å². The lowest BCUT2D eigenvalue weighted by molar-refractivity contribution is 0.0408. The van der Waals surface area contributed by atoms with E-state index in [2.05, 4.69) is 29.1 Å². The third-order valence-electron chi connectivity index (χ3n) is 2.82. The van der Waals surface area contributed by atoms with Gasteiger partial charge in [0.15, 0.2) is 5.75 Å². The monoisotopic (exact) mass is 343 g/mol. The van der Waals surface area contributed by atoms with E-state index in [9.17, 15) is 4.79 Å². The quantitative estimate of drug-likeness (QED) is 0.794. The van der Waals surface area contributed by atoms with Crippen LogP contribution in [-0.4, -0.2) is 33.8 Å². The van der Waals surface area contributed by atoms with Crippen LogP contribution in [0.2, 0.25) is 5.28 Å². The molecule has 6 nitrogen and oxygen atoms in total. The second kappa shape index (κ2) is 7.81. The standard InChI is InChI=1S/C16H26ClN3O3/c1-11(2)7-16(6,20-14(21)23-15(3,4)5)10-22-12-8-18-13(17)19-9-12/h8-9,11H,7,10H2,1-6H3,(H,20,21). The van der Waals surface area contributed by atoms with E-state index in [4.69, 9.17) is 21.1 Å². The van der Waals surface area contributed by atoms with E-state index in [1.807, 2.05) is 27.7 Å². The lowest BCUT2D eigenvalue weighted by Gasteiger charge is -2.33. The molecule has 1 aromatic heterocycles. The number of nitrogens with one attached hydrogen (secondary N) is 1. The minimum Gasteiger partial charge on any atom is -0.488 e. The summed E-state index contributed by atoms with van der Waals surface area (Å²) in [5.74, 6) is 0.871. The molecular weight excluding hydrogens is 318 g/mol. The van der Waals surface area contributed by atoms with Gasteiger partial charge in [0.25, 0.3) is 0 Å². The molecule has 0 aliphatic heterocycles. The Morgan fingerprint density at radius 1 is 1.26 bits per heavy atom. The number of amides is 1. The van der Waals surface area contributed by atoms with E-state index in [1.54, 1.807) is 0 Å². The van der Waals surface area contributed by atoms with Gasteiger partial charge in [-0.05, 0) is 51.6 Å². The maximum atomic E-state index is 12.1. The minimum absolute atomic E-state index is 0.161. The Morgan fingerprint density at radius 3 is 2.30 bits per heavy atom. The van der Waals surface area contributed by atoms with Crippen molar-refractivity contribution >= 4 is 17.7 Å². The van der Waals surface area contributed by atoms with Gasteiger partial charge in [-0.1, -0.05) is 13.8 Å². The molecule has 23 heavy (non-hydrogen) atoms. The Morgan fingerprint density at radius 2 is 1.83 bits per heavy atom. The van der Waals surface area contributed by atoms with Gasteiger partial charge in [-0.25, -0.2) is 14.8 Å². The maximum Gasteiger partial charge on any atom is 0.408 e. The van der Waals surface area contributed by atoms with Crippen LogP contribution < -0.4 is 10.1 Å². The highest BCUT2D eigenvalue weighted by Crippen LogP contribution is 2.20. The molecule has 0 aliphatic rings. The molecule has 1 heterocycles. The number of rotatable bonds is 6. The topological polar surface area (TPSA) is 73.3 Å². The van der Waals surface area contributed by atoms with Gasteiger partial charge in [0.1, 0.15) is 12.2 Å². The van der Waals surface area contributed by atoms with Crippen molar-refractivity contribution in [2.75, 3.05) is 6.61 Å². The number of carbonyl (C=O) groups is 1. The number of ether oxygens (including phenoxy) is 2. The molecule has 1 N–H and O–H groups in total. The summed E-state index contributed by atoms with van der Waals surface area (Å²) in [6, 6.07) is 0. The van der Waals surface area contributed by atoms with Crippen LogP contribution in [0, 0.1) is 5.92 Å². The molecule has 0 saturated heterocycles. The number of carbonyl (C=O) groups excluding carboxylic acids is 1. The van der Waals surface area contributed by atoms with Crippen molar-refractivity contribution in [3.63, 3.8) is 0 Å². The Bertz CT molecular complexity index is 514. The summed E-state index contributed by atoms with van der Waals surface area (Å²) in [5.41, 5.74) is -1.12. The molecule has 1 aromatic rings. The highest BCUT2D eigenvalue weighted by Gasteiger charge is 2.31. The smallest absolute Gasteiger partial charge is 0.408 e.